The minimum atomic E-state index is 0.0559. The quantitative estimate of drug-likeness (QED) is 0.850. The van der Waals surface area contributed by atoms with Crippen molar-refractivity contribution in [2.45, 2.75) is 19.8 Å². The summed E-state index contributed by atoms with van der Waals surface area (Å²) in [5.74, 6) is 0.116. The fraction of sp³-hybridized carbons (Fsp3) is 0.462. The van der Waals surface area contributed by atoms with Crippen molar-refractivity contribution in [2.24, 2.45) is 5.92 Å². The molecule has 2 rings (SSSR count). The van der Waals surface area contributed by atoms with E-state index in [2.05, 4.69) is 10.6 Å². The van der Waals surface area contributed by atoms with Crippen LogP contribution in [0.1, 0.15) is 18.4 Å². The molecular weight excluding hydrogens is 236 g/mol. The Hall–Kier alpha value is -1.06. The first kappa shape index (κ1) is 12.4. The van der Waals surface area contributed by atoms with Gasteiger partial charge in [0.1, 0.15) is 0 Å². The summed E-state index contributed by atoms with van der Waals surface area (Å²) >= 11 is 6.15. The van der Waals surface area contributed by atoms with Crippen LogP contribution in [0.2, 0.25) is 5.02 Å². The monoisotopic (exact) mass is 252 g/mol. The first-order valence-corrected chi connectivity index (χ1v) is 6.33. The van der Waals surface area contributed by atoms with Crippen LogP contribution < -0.4 is 10.6 Å². The van der Waals surface area contributed by atoms with Crippen LogP contribution in [0.15, 0.2) is 18.2 Å². The molecule has 0 unspecified atom stereocenters. The van der Waals surface area contributed by atoms with Gasteiger partial charge in [-0.05, 0) is 37.9 Å². The van der Waals surface area contributed by atoms with Crippen LogP contribution in [-0.4, -0.2) is 19.0 Å². The van der Waals surface area contributed by atoms with Crippen LogP contribution in [0.3, 0.4) is 0 Å². The number of hydrogen-bond donors (Lipinski definition) is 2. The minimum absolute atomic E-state index is 0.0559. The summed E-state index contributed by atoms with van der Waals surface area (Å²) in [6, 6.07) is 5.67. The lowest BCUT2D eigenvalue weighted by atomic mass is 9.99. The third kappa shape index (κ3) is 2.99. The standard InChI is InChI=1S/C13H17ClN2O/c1-9-4-2-6-11(12(9)14)16-13(17)10-5-3-7-15-8-10/h2,4,6,10,15H,3,5,7-8H2,1H3,(H,16,17)/t10-/m0/s1. The molecule has 1 aliphatic heterocycles. The molecular formula is C13H17ClN2O. The van der Waals surface area contributed by atoms with E-state index in [0.29, 0.717) is 10.7 Å². The Morgan fingerprint density at radius 2 is 2.35 bits per heavy atom. The highest BCUT2D eigenvalue weighted by Crippen LogP contribution is 2.26. The molecule has 1 aliphatic rings. The second-order valence-corrected chi connectivity index (χ2v) is 4.85. The molecule has 0 bridgehead atoms. The fourth-order valence-corrected chi connectivity index (χ4v) is 2.23. The van der Waals surface area contributed by atoms with Crippen LogP contribution in [-0.2, 0) is 4.79 Å². The number of benzene rings is 1. The van der Waals surface area contributed by atoms with Gasteiger partial charge in [-0.25, -0.2) is 0 Å². The number of amides is 1. The van der Waals surface area contributed by atoms with Crippen molar-refractivity contribution < 1.29 is 4.79 Å². The van der Waals surface area contributed by atoms with Crippen molar-refractivity contribution >= 4 is 23.2 Å². The second kappa shape index (κ2) is 5.52. The van der Waals surface area contributed by atoms with Gasteiger partial charge in [0.25, 0.3) is 0 Å². The lowest BCUT2D eigenvalue weighted by Gasteiger charge is -2.22. The average molecular weight is 253 g/mol. The summed E-state index contributed by atoms with van der Waals surface area (Å²) < 4.78 is 0. The summed E-state index contributed by atoms with van der Waals surface area (Å²) in [4.78, 5) is 12.0. The Balaban J connectivity index is 2.04. The van der Waals surface area contributed by atoms with E-state index in [4.69, 9.17) is 11.6 Å². The maximum absolute atomic E-state index is 12.0. The number of piperidine rings is 1. The van der Waals surface area contributed by atoms with Gasteiger partial charge in [-0.3, -0.25) is 4.79 Å². The predicted octanol–water partition coefficient (Wildman–Crippen LogP) is 2.59. The van der Waals surface area contributed by atoms with E-state index in [0.717, 1.165) is 31.5 Å². The molecule has 3 nitrogen and oxygen atoms in total. The Labute approximate surface area is 107 Å². The van der Waals surface area contributed by atoms with E-state index < -0.39 is 0 Å². The molecule has 1 fully saturated rings. The lowest BCUT2D eigenvalue weighted by Crippen LogP contribution is -2.37. The van der Waals surface area contributed by atoms with Crippen molar-refractivity contribution in [1.29, 1.82) is 0 Å². The zero-order valence-corrected chi connectivity index (χ0v) is 10.7. The van der Waals surface area contributed by atoms with Gasteiger partial charge in [0.15, 0.2) is 0 Å². The molecule has 0 spiro atoms. The molecule has 17 heavy (non-hydrogen) atoms. The number of aryl methyl sites for hydroxylation is 1. The van der Waals surface area contributed by atoms with Crippen LogP contribution in [0.25, 0.3) is 0 Å². The van der Waals surface area contributed by atoms with Gasteiger partial charge in [-0.1, -0.05) is 23.7 Å². The van der Waals surface area contributed by atoms with Gasteiger partial charge in [-0.2, -0.15) is 0 Å². The highest BCUT2D eigenvalue weighted by molar-refractivity contribution is 6.34. The van der Waals surface area contributed by atoms with Crippen LogP contribution in [0.4, 0.5) is 5.69 Å². The summed E-state index contributed by atoms with van der Waals surface area (Å²) in [5, 5.41) is 6.77. The molecule has 92 valence electrons. The van der Waals surface area contributed by atoms with Gasteiger partial charge in [0, 0.05) is 6.54 Å². The van der Waals surface area contributed by atoms with Gasteiger partial charge in [0.05, 0.1) is 16.6 Å². The molecule has 4 heteroatoms. The Kier molecular flexibility index (Phi) is 4.02. The highest BCUT2D eigenvalue weighted by atomic mass is 35.5. The molecule has 0 saturated carbocycles. The second-order valence-electron chi connectivity index (χ2n) is 4.47. The van der Waals surface area contributed by atoms with E-state index in [1.54, 1.807) is 0 Å². The molecule has 1 saturated heterocycles. The average Bonchev–Trinajstić information content (AvgIpc) is 2.36. The Morgan fingerprint density at radius 3 is 3.06 bits per heavy atom. The summed E-state index contributed by atoms with van der Waals surface area (Å²) in [6.45, 7) is 3.70. The number of carbonyl (C=O) groups excluding carboxylic acids is 1. The van der Waals surface area contributed by atoms with E-state index in [1.165, 1.54) is 0 Å². The van der Waals surface area contributed by atoms with Crippen LogP contribution in [0.5, 0.6) is 0 Å². The topological polar surface area (TPSA) is 41.1 Å². The highest BCUT2D eigenvalue weighted by Gasteiger charge is 2.21. The number of rotatable bonds is 2. The molecule has 1 amide bonds. The number of halogens is 1. The van der Waals surface area contributed by atoms with Gasteiger partial charge < -0.3 is 10.6 Å². The van der Waals surface area contributed by atoms with Crippen LogP contribution in [0, 0.1) is 12.8 Å². The minimum Gasteiger partial charge on any atom is -0.324 e. The zero-order valence-electron chi connectivity index (χ0n) is 9.92. The fourth-order valence-electron chi connectivity index (χ4n) is 2.05. The maximum atomic E-state index is 12.0. The number of nitrogens with one attached hydrogen (secondary N) is 2. The summed E-state index contributed by atoms with van der Waals surface area (Å²) in [7, 11) is 0. The molecule has 1 atom stereocenters. The summed E-state index contributed by atoms with van der Waals surface area (Å²) in [6.07, 6.45) is 2.00. The molecule has 0 aromatic heterocycles. The van der Waals surface area contributed by atoms with Crippen LogP contribution >= 0.6 is 11.6 Å². The summed E-state index contributed by atoms with van der Waals surface area (Å²) in [5.41, 5.74) is 1.69. The number of hydrogen-bond acceptors (Lipinski definition) is 2. The normalized spacial score (nSPS) is 20.0. The molecule has 0 radical (unpaired) electrons. The van der Waals surface area contributed by atoms with Crippen molar-refractivity contribution in [2.75, 3.05) is 18.4 Å². The third-order valence-electron chi connectivity index (χ3n) is 3.12. The number of carbonyl (C=O) groups is 1. The molecule has 0 aliphatic carbocycles. The van der Waals surface area contributed by atoms with Crippen molar-refractivity contribution in [1.82, 2.24) is 5.32 Å². The van der Waals surface area contributed by atoms with Crippen molar-refractivity contribution in [3.8, 4) is 0 Å². The van der Waals surface area contributed by atoms with E-state index in [1.807, 2.05) is 25.1 Å². The van der Waals surface area contributed by atoms with Gasteiger partial charge in [-0.15, -0.1) is 0 Å². The van der Waals surface area contributed by atoms with E-state index >= 15 is 0 Å². The van der Waals surface area contributed by atoms with Gasteiger partial charge in [0.2, 0.25) is 5.91 Å². The molecule has 1 aromatic rings. The van der Waals surface area contributed by atoms with E-state index in [9.17, 15) is 4.79 Å². The largest absolute Gasteiger partial charge is 0.324 e. The first-order chi connectivity index (χ1) is 8.18. The number of anilines is 1. The predicted molar refractivity (Wildman–Crippen MR) is 70.4 cm³/mol. The molecule has 1 aromatic carbocycles. The zero-order chi connectivity index (χ0) is 12.3. The Bertz CT molecular complexity index is 414. The Morgan fingerprint density at radius 1 is 1.53 bits per heavy atom. The van der Waals surface area contributed by atoms with Crippen molar-refractivity contribution in [3.05, 3.63) is 28.8 Å². The smallest absolute Gasteiger partial charge is 0.228 e. The first-order valence-electron chi connectivity index (χ1n) is 5.95. The van der Waals surface area contributed by atoms with E-state index in [-0.39, 0.29) is 11.8 Å². The van der Waals surface area contributed by atoms with Crippen molar-refractivity contribution in [3.63, 3.8) is 0 Å². The molecule has 1 heterocycles. The third-order valence-corrected chi connectivity index (χ3v) is 3.62. The maximum Gasteiger partial charge on any atom is 0.228 e. The molecule has 2 N–H and O–H groups in total. The SMILES string of the molecule is Cc1cccc(NC(=O)[C@H]2CCCNC2)c1Cl. The lowest BCUT2D eigenvalue weighted by molar-refractivity contribution is -0.120. The van der Waals surface area contributed by atoms with Gasteiger partial charge >= 0.3 is 0 Å².